The Morgan fingerprint density at radius 1 is 1.35 bits per heavy atom. The molecule has 0 aliphatic carbocycles. The minimum atomic E-state index is -0.738. The number of carboxylic acids is 1. The van der Waals surface area contributed by atoms with Gasteiger partial charge in [-0.15, -0.1) is 0 Å². The van der Waals surface area contributed by atoms with Crippen molar-refractivity contribution < 1.29 is 9.90 Å². The minimum absolute atomic E-state index is 0.0760. The quantitative estimate of drug-likeness (QED) is 0.711. The van der Waals surface area contributed by atoms with Crippen molar-refractivity contribution in [3.8, 4) is 0 Å². The maximum atomic E-state index is 11.0. The van der Waals surface area contributed by atoms with E-state index in [1.54, 1.807) is 0 Å². The van der Waals surface area contributed by atoms with Crippen LogP contribution < -0.4 is 10.6 Å². The van der Waals surface area contributed by atoms with Crippen molar-refractivity contribution in [3.05, 3.63) is 35.9 Å². The SMILES string of the molecule is CC(C)(CCc1ccccc1)NC1(CC(=O)O)CNC1. The van der Waals surface area contributed by atoms with E-state index >= 15 is 0 Å². The normalized spacial score (nSPS) is 17.5. The molecule has 3 N–H and O–H groups in total. The van der Waals surface area contributed by atoms with Crippen LogP contribution in [-0.2, 0) is 11.2 Å². The highest BCUT2D eigenvalue weighted by Crippen LogP contribution is 2.23. The van der Waals surface area contributed by atoms with E-state index in [-0.39, 0.29) is 17.5 Å². The van der Waals surface area contributed by atoms with E-state index in [9.17, 15) is 4.79 Å². The Labute approximate surface area is 120 Å². The summed E-state index contributed by atoms with van der Waals surface area (Å²) in [6.45, 7) is 5.76. The lowest BCUT2D eigenvalue weighted by Gasteiger charge is -2.48. The van der Waals surface area contributed by atoms with E-state index in [1.807, 2.05) is 6.07 Å². The molecule has 110 valence electrons. The number of nitrogens with one attached hydrogen (secondary N) is 2. The lowest BCUT2D eigenvalue weighted by molar-refractivity contribution is -0.139. The summed E-state index contributed by atoms with van der Waals surface area (Å²) in [6.07, 6.45) is 2.16. The third-order valence-electron chi connectivity index (χ3n) is 3.90. The number of hydrogen-bond donors (Lipinski definition) is 3. The Hall–Kier alpha value is -1.39. The van der Waals surface area contributed by atoms with E-state index in [0.717, 1.165) is 25.9 Å². The Morgan fingerprint density at radius 2 is 2.00 bits per heavy atom. The molecule has 20 heavy (non-hydrogen) atoms. The molecule has 2 rings (SSSR count). The molecule has 1 aliphatic rings. The summed E-state index contributed by atoms with van der Waals surface area (Å²) in [5.41, 5.74) is 0.959. The van der Waals surface area contributed by atoms with Crippen molar-refractivity contribution in [2.45, 2.75) is 44.2 Å². The number of benzene rings is 1. The van der Waals surface area contributed by atoms with Crippen molar-refractivity contribution >= 4 is 5.97 Å². The first-order valence-electron chi connectivity index (χ1n) is 7.17. The van der Waals surface area contributed by atoms with Crippen LogP contribution in [0.2, 0.25) is 0 Å². The summed E-state index contributed by atoms with van der Waals surface area (Å²) in [7, 11) is 0. The van der Waals surface area contributed by atoms with Gasteiger partial charge < -0.3 is 15.7 Å². The highest BCUT2D eigenvalue weighted by atomic mass is 16.4. The molecule has 0 unspecified atom stereocenters. The Morgan fingerprint density at radius 3 is 2.50 bits per heavy atom. The molecular weight excluding hydrogens is 252 g/mol. The highest BCUT2D eigenvalue weighted by molar-refractivity contribution is 5.69. The van der Waals surface area contributed by atoms with E-state index < -0.39 is 5.97 Å². The molecular formula is C16H24N2O2. The van der Waals surface area contributed by atoms with Crippen molar-refractivity contribution in [1.82, 2.24) is 10.6 Å². The lowest BCUT2D eigenvalue weighted by atomic mass is 9.83. The van der Waals surface area contributed by atoms with Crippen LogP contribution >= 0.6 is 0 Å². The first kappa shape index (κ1) is 15.0. The van der Waals surface area contributed by atoms with Crippen LogP contribution in [0.15, 0.2) is 30.3 Å². The molecule has 1 fully saturated rings. The molecule has 4 nitrogen and oxygen atoms in total. The fraction of sp³-hybridized carbons (Fsp3) is 0.562. The molecule has 0 saturated carbocycles. The number of hydrogen-bond acceptors (Lipinski definition) is 3. The van der Waals surface area contributed by atoms with E-state index in [1.165, 1.54) is 5.56 Å². The number of carbonyl (C=O) groups is 1. The second kappa shape index (κ2) is 5.94. The van der Waals surface area contributed by atoms with Crippen molar-refractivity contribution in [2.24, 2.45) is 0 Å². The van der Waals surface area contributed by atoms with Crippen molar-refractivity contribution in [1.29, 1.82) is 0 Å². The minimum Gasteiger partial charge on any atom is -0.481 e. The highest BCUT2D eigenvalue weighted by Gasteiger charge is 2.42. The summed E-state index contributed by atoms with van der Waals surface area (Å²) in [5, 5.41) is 15.8. The summed E-state index contributed by atoms with van der Waals surface area (Å²) in [4.78, 5) is 11.0. The second-order valence-corrected chi connectivity index (χ2v) is 6.45. The van der Waals surface area contributed by atoms with Gasteiger partial charge in [0.05, 0.1) is 12.0 Å². The van der Waals surface area contributed by atoms with Gasteiger partial charge in [-0.1, -0.05) is 30.3 Å². The van der Waals surface area contributed by atoms with E-state index in [2.05, 4.69) is 48.7 Å². The molecule has 1 saturated heterocycles. The van der Waals surface area contributed by atoms with Crippen LogP contribution in [-0.4, -0.2) is 35.2 Å². The monoisotopic (exact) mass is 276 g/mol. The summed E-state index contributed by atoms with van der Waals surface area (Å²) in [5.74, 6) is -0.738. The fourth-order valence-electron chi connectivity index (χ4n) is 2.86. The van der Waals surface area contributed by atoms with Gasteiger partial charge in [-0.05, 0) is 32.3 Å². The van der Waals surface area contributed by atoms with Crippen molar-refractivity contribution in [3.63, 3.8) is 0 Å². The number of aliphatic carboxylic acids is 1. The van der Waals surface area contributed by atoms with Gasteiger partial charge >= 0.3 is 5.97 Å². The van der Waals surface area contributed by atoms with Crippen LogP contribution in [0.1, 0.15) is 32.3 Å². The zero-order chi connectivity index (χ0) is 14.6. The van der Waals surface area contributed by atoms with Crippen LogP contribution in [0.5, 0.6) is 0 Å². The smallest absolute Gasteiger partial charge is 0.305 e. The number of aryl methyl sites for hydroxylation is 1. The third-order valence-corrected chi connectivity index (χ3v) is 3.90. The Kier molecular flexibility index (Phi) is 4.45. The molecule has 1 aliphatic heterocycles. The van der Waals surface area contributed by atoms with Crippen LogP contribution in [0.4, 0.5) is 0 Å². The zero-order valence-corrected chi connectivity index (χ0v) is 12.3. The maximum Gasteiger partial charge on any atom is 0.305 e. The third kappa shape index (κ3) is 4.05. The summed E-state index contributed by atoms with van der Waals surface area (Å²) >= 11 is 0. The first-order chi connectivity index (χ1) is 9.41. The summed E-state index contributed by atoms with van der Waals surface area (Å²) in [6, 6.07) is 10.4. The lowest BCUT2D eigenvalue weighted by Crippen LogP contribution is -2.72. The molecule has 0 atom stereocenters. The molecule has 0 aromatic heterocycles. The van der Waals surface area contributed by atoms with Gasteiger partial charge in [-0.3, -0.25) is 4.79 Å². The first-order valence-corrected chi connectivity index (χ1v) is 7.17. The fourth-order valence-corrected chi connectivity index (χ4v) is 2.86. The van der Waals surface area contributed by atoms with E-state index in [4.69, 9.17) is 5.11 Å². The van der Waals surface area contributed by atoms with Gasteiger partial charge in [0.25, 0.3) is 0 Å². The number of carboxylic acid groups (broad SMARTS) is 1. The second-order valence-electron chi connectivity index (χ2n) is 6.45. The predicted octanol–water partition coefficient (Wildman–Crippen LogP) is 1.80. The summed E-state index contributed by atoms with van der Waals surface area (Å²) < 4.78 is 0. The standard InChI is InChI=1S/C16H24N2O2/c1-15(2,9-8-13-6-4-3-5-7-13)18-16(10-14(19)20)11-17-12-16/h3-7,17-18H,8-12H2,1-2H3,(H,19,20). The van der Waals surface area contributed by atoms with Gasteiger partial charge in [0.15, 0.2) is 0 Å². The molecule has 0 amide bonds. The average Bonchev–Trinajstić information content (AvgIpc) is 2.34. The maximum absolute atomic E-state index is 11.0. The van der Waals surface area contributed by atoms with Gasteiger partial charge in [-0.2, -0.15) is 0 Å². The van der Waals surface area contributed by atoms with Crippen LogP contribution in [0.25, 0.3) is 0 Å². The van der Waals surface area contributed by atoms with Gasteiger partial charge in [0.2, 0.25) is 0 Å². The number of rotatable bonds is 7. The average molecular weight is 276 g/mol. The topological polar surface area (TPSA) is 61.4 Å². The van der Waals surface area contributed by atoms with Gasteiger partial charge in [-0.25, -0.2) is 0 Å². The van der Waals surface area contributed by atoms with Gasteiger partial charge in [0.1, 0.15) is 0 Å². The van der Waals surface area contributed by atoms with Gasteiger partial charge in [0, 0.05) is 18.6 Å². The molecule has 1 heterocycles. The molecule has 4 heteroatoms. The van der Waals surface area contributed by atoms with Crippen molar-refractivity contribution in [2.75, 3.05) is 13.1 Å². The Balaban J connectivity index is 1.91. The van der Waals surface area contributed by atoms with E-state index in [0.29, 0.717) is 0 Å². The molecule has 0 spiro atoms. The Bertz CT molecular complexity index is 453. The zero-order valence-electron chi connectivity index (χ0n) is 12.3. The molecule has 1 aromatic carbocycles. The molecule has 1 aromatic rings. The van der Waals surface area contributed by atoms with Crippen LogP contribution in [0.3, 0.4) is 0 Å². The molecule has 0 bridgehead atoms. The largest absolute Gasteiger partial charge is 0.481 e. The van der Waals surface area contributed by atoms with Crippen LogP contribution in [0, 0.1) is 0 Å². The predicted molar refractivity (Wildman–Crippen MR) is 79.8 cm³/mol. The molecule has 0 radical (unpaired) electrons.